The third-order valence-corrected chi connectivity index (χ3v) is 5.54. The Balaban J connectivity index is 2.21. The molecule has 0 radical (unpaired) electrons. The van der Waals surface area contributed by atoms with E-state index in [-0.39, 0.29) is 0 Å². The maximum absolute atomic E-state index is 6.59. The number of hydrogen-bond donors (Lipinski definition) is 0. The first-order valence-electron chi connectivity index (χ1n) is 6.07. The molecule has 0 spiro atoms. The van der Waals surface area contributed by atoms with Crippen molar-refractivity contribution in [2.75, 3.05) is 38.8 Å². The first kappa shape index (κ1) is 12.6. The fourth-order valence-corrected chi connectivity index (χ4v) is 4.47. The van der Waals surface area contributed by atoms with Crippen molar-refractivity contribution in [1.82, 2.24) is 4.90 Å². The van der Waals surface area contributed by atoms with Crippen molar-refractivity contribution in [3.05, 3.63) is 10.6 Å². The molecule has 2 rings (SSSR count). The van der Waals surface area contributed by atoms with E-state index in [9.17, 15) is 0 Å². The average molecular weight is 264 g/mol. The van der Waals surface area contributed by atoms with Crippen LogP contribution in [0.2, 0.25) is 0 Å². The minimum absolute atomic E-state index is 0.870. The highest BCUT2D eigenvalue weighted by atomic mass is 35.7. The van der Waals surface area contributed by atoms with Crippen LogP contribution in [-0.4, -0.2) is 43.7 Å². The largest absolute Gasteiger partial charge is 0.378 e. The lowest BCUT2D eigenvalue weighted by Crippen LogP contribution is -2.37. The summed E-state index contributed by atoms with van der Waals surface area (Å²) < 4.78 is 5.42. The van der Waals surface area contributed by atoms with Crippen LogP contribution in [0, 0.1) is 0 Å². The molecular weight excluding hydrogens is 242 g/mol. The van der Waals surface area contributed by atoms with Crippen LogP contribution < -0.4 is 0 Å². The molecule has 0 aromatic rings. The van der Waals surface area contributed by atoms with Crippen molar-refractivity contribution in [3.8, 4) is 0 Å². The molecule has 16 heavy (non-hydrogen) atoms. The Morgan fingerprint density at radius 2 is 1.75 bits per heavy atom. The van der Waals surface area contributed by atoms with Crippen molar-refractivity contribution >= 4 is 19.9 Å². The number of allylic oxidation sites excluding steroid dienone is 2. The maximum Gasteiger partial charge on any atom is 0.0642 e. The van der Waals surface area contributed by atoms with Gasteiger partial charge in [-0.2, -0.15) is 0 Å². The van der Waals surface area contributed by atoms with Gasteiger partial charge in [0.1, 0.15) is 0 Å². The van der Waals surface area contributed by atoms with E-state index in [1.165, 1.54) is 25.7 Å². The molecule has 0 N–H and O–H groups in total. The second kappa shape index (κ2) is 5.19. The van der Waals surface area contributed by atoms with Gasteiger partial charge in [-0.3, -0.25) is 0 Å². The molecule has 1 fully saturated rings. The van der Waals surface area contributed by atoms with E-state index in [1.807, 2.05) is 0 Å². The summed E-state index contributed by atoms with van der Waals surface area (Å²) in [4.78, 5) is 4.05. The van der Waals surface area contributed by atoms with Gasteiger partial charge in [0.05, 0.1) is 13.2 Å². The van der Waals surface area contributed by atoms with E-state index in [1.54, 1.807) is 10.6 Å². The quantitative estimate of drug-likeness (QED) is 0.758. The van der Waals surface area contributed by atoms with Crippen molar-refractivity contribution in [2.45, 2.75) is 25.7 Å². The number of ether oxygens (including phenoxy) is 1. The van der Waals surface area contributed by atoms with Gasteiger partial charge in [-0.1, -0.05) is 10.7 Å². The van der Waals surface area contributed by atoms with Crippen molar-refractivity contribution in [2.24, 2.45) is 0 Å². The Hall–Kier alpha value is 0.140. The average Bonchev–Trinajstić information content (AvgIpc) is 2.29. The summed E-state index contributed by atoms with van der Waals surface area (Å²) in [7, 11) is 5.54. The summed E-state index contributed by atoms with van der Waals surface area (Å²) >= 11 is 0. The fourth-order valence-electron chi connectivity index (χ4n) is 2.55. The number of nitrogens with zero attached hydrogens (tertiary/aromatic N) is 1. The summed E-state index contributed by atoms with van der Waals surface area (Å²) in [5, 5.41) is 0. The molecule has 0 aromatic heterocycles. The zero-order valence-electron chi connectivity index (χ0n) is 10.3. The highest BCUT2D eigenvalue weighted by Crippen LogP contribution is 2.58. The van der Waals surface area contributed by atoms with Crippen LogP contribution in [0.15, 0.2) is 10.6 Å². The van der Waals surface area contributed by atoms with Gasteiger partial charge in [-0.25, -0.2) is 0 Å². The number of halogens is 1. The zero-order valence-corrected chi connectivity index (χ0v) is 11.9. The highest BCUT2D eigenvalue weighted by Gasteiger charge is 2.26. The summed E-state index contributed by atoms with van der Waals surface area (Å²) in [6, 6.07) is 0. The Labute approximate surface area is 105 Å². The predicted molar refractivity (Wildman–Crippen MR) is 73.2 cm³/mol. The third-order valence-electron chi connectivity index (χ3n) is 3.37. The molecule has 1 aliphatic heterocycles. The van der Waals surface area contributed by atoms with Gasteiger partial charge in [0.15, 0.2) is 0 Å². The van der Waals surface area contributed by atoms with E-state index in [2.05, 4.69) is 17.4 Å². The molecule has 0 unspecified atom stereocenters. The second-order valence-corrected chi connectivity index (χ2v) is 10.1. The van der Waals surface area contributed by atoms with Gasteiger partial charge in [0, 0.05) is 18.8 Å². The minimum atomic E-state index is -1.06. The maximum atomic E-state index is 6.59. The van der Waals surface area contributed by atoms with Gasteiger partial charge in [0.2, 0.25) is 0 Å². The lowest BCUT2D eigenvalue weighted by atomic mass is 10.0. The van der Waals surface area contributed by atoms with E-state index >= 15 is 0 Å². The summed E-state index contributed by atoms with van der Waals surface area (Å²) in [5.41, 5.74) is 1.55. The molecule has 0 bridgehead atoms. The smallest absolute Gasteiger partial charge is 0.0642 e. The molecule has 1 aliphatic carbocycles. The van der Waals surface area contributed by atoms with E-state index in [0.29, 0.717) is 0 Å². The first-order chi connectivity index (χ1) is 7.59. The molecule has 1 heterocycles. The van der Waals surface area contributed by atoms with Crippen LogP contribution in [0.4, 0.5) is 0 Å². The van der Waals surface area contributed by atoms with E-state index in [4.69, 9.17) is 15.4 Å². The molecule has 1 saturated heterocycles. The topological polar surface area (TPSA) is 12.5 Å². The molecule has 0 amide bonds. The van der Waals surface area contributed by atoms with Crippen LogP contribution in [-0.2, 0) is 4.74 Å². The van der Waals surface area contributed by atoms with Gasteiger partial charge in [-0.15, -0.1) is 9.24 Å². The fraction of sp³-hybridized carbons (Fsp3) is 0.833. The van der Waals surface area contributed by atoms with Crippen molar-refractivity contribution in [3.63, 3.8) is 0 Å². The van der Waals surface area contributed by atoms with E-state index in [0.717, 1.165) is 26.3 Å². The standard InChI is InChI=1S/C12H22ClNOS/c1-16(2,13)12-6-4-3-5-11(12)14-7-9-15-10-8-14/h3-10H2,1-2H3. The normalized spacial score (nSPS) is 24.8. The number of rotatable bonds is 2. The zero-order chi connectivity index (χ0) is 11.6. The monoisotopic (exact) mass is 263 g/mol. The molecule has 0 atom stereocenters. The first-order valence-corrected chi connectivity index (χ1v) is 9.34. The predicted octanol–water partition coefficient (Wildman–Crippen LogP) is 3.32. The molecule has 0 saturated carbocycles. The molecule has 0 aromatic carbocycles. The number of morpholine rings is 1. The molecule has 2 nitrogen and oxygen atoms in total. The van der Waals surface area contributed by atoms with Gasteiger partial charge in [-0.05, 0) is 43.1 Å². The summed E-state index contributed by atoms with van der Waals surface area (Å²) in [5.74, 6) is 0. The van der Waals surface area contributed by atoms with Crippen LogP contribution in [0.1, 0.15) is 25.7 Å². The molecular formula is C12H22ClNOS. The van der Waals surface area contributed by atoms with Gasteiger partial charge >= 0.3 is 0 Å². The van der Waals surface area contributed by atoms with Crippen LogP contribution >= 0.6 is 19.9 Å². The number of hydrogen-bond acceptors (Lipinski definition) is 2. The third kappa shape index (κ3) is 2.88. The second-order valence-electron chi connectivity index (χ2n) is 4.88. The minimum Gasteiger partial charge on any atom is -0.378 e. The van der Waals surface area contributed by atoms with Crippen LogP contribution in [0.3, 0.4) is 0 Å². The van der Waals surface area contributed by atoms with E-state index < -0.39 is 9.24 Å². The Kier molecular flexibility index (Phi) is 4.09. The Bertz CT molecular complexity index is 279. The highest BCUT2D eigenvalue weighted by molar-refractivity contribution is 8.52. The van der Waals surface area contributed by atoms with Crippen molar-refractivity contribution < 1.29 is 4.74 Å². The van der Waals surface area contributed by atoms with Crippen LogP contribution in [0.5, 0.6) is 0 Å². The summed E-state index contributed by atoms with van der Waals surface area (Å²) in [6.07, 6.45) is 9.47. The molecule has 94 valence electrons. The SMILES string of the molecule is CS(C)(Cl)C1=C(N2CCOCC2)CCCC1. The Morgan fingerprint density at radius 1 is 1.12 bits per heavy atom. The van der Waals surface area contributed by atoms with Crippen molar-refractivity contribution in [1.29, 1.82) is 0 Å². The molecule has 2 aliphatic rings. The van der Waals surface area contributed by atoms with Gasteiger partial charge < -0.3 is 9.64 Å². The van der Waals surface area contributed by atoms with Crippen LogP contribution in [0.25, 0.3) is 0 Å². The molecule has 4 heteroatoms. The Morgan fingerprint density at radius 3 is 2.38 bits per heavy atom. The summed E-state index contributed by atoms with van der Waals surface area (Å²) in [6.45, 7) is 3.83. The van der Waals surface area contributed by atoms with Gasteiger partial charge in [0.25, 0.3) is 0 Å². The lowest BCUT2D eigenvalue weighted by Gasteiger charge is -2.39. The lowest BCUT2D eigenvalue weighted by molar-refractivity contribution is 0.0511.